The summed E-state index contributed by atoms with van der Waals surface area (Å²) >= 11 is 4.99. The van der Waals surface area contributed by atoms with Gasteiger partial charge in [0.15, 0.2) is 0 Å². The van der Waals surface area contributed by atoms with Crippen molar-refractivity contribution < 1.29 is 9.90 Å². The molecule has 1 aromatic heterocycles. The smallest absolute Gasteiger partial charge is 0.328 e. The molecule has 0 unspecified atom stereocenters. The molecule has 2 nitrogen and oxygen atoms in total. The first kappa shape index (κ1) is 13.5. The number of hydrogen-bond donors (Lipinski definition) is 1. The first-order valence-corrected chi connectivity index (χ1v) is 6.89. The van der Waals surface area contributed by atoms with Gasteiger partial charge in [-0.3, -0.25) is 0 Å². The van der Waals surface area contributed by atoms with Crippen LogP contribution in [0.4, 0.5) is 0 Å². The fourth-order valence-corrected chi connectivity index (χ4v) is 3.20. The van der Waals surface area contributed by atoms with Crippen LogP contribution in [0.3, 0.4) is 0 Å². The lowest BCUT2D eigenvalue weighted by Gasteiger charge is -2.15. The highest BCUT2D eigenvalue weighted by molar-refractivity contribution is 9.11. The van der Waals surface area contributed by atoms with E-state index in [1.807, 2.05) is 12.1 Å². The molecule has 16 heavy (non-hydrogen) atoms. The van der Waals surface area contributed by atoms with Gasteiger partial charge in [0.2, 0.25) is 0 Å². The molecular formula is C12H15BrO2S. The third-order valence-electron chi connectivity index (χ3n) is 2.56. The Hall–Kier alpha value is -0.610. The minimum Gasteiger partial charge on any atom is -0.478 e. The van der Waals surface area contributed by atoms with E-state index in [1.54, 1.807) is 11.3 Å². The molecule has 88 valence electrons. The summed E-state index contributed by atoms with van der Waals surface area (Å²) in [6.45, 7) is 4.18. The Labute approximate surface area is 108 Å². The Balaban J connectivity index is 3.10. The molecule has 0 atom stereocenters. The van der Waals surface area contributed by atoms with Crippen molar-refractivity contribution in [3.05, 3.63) is 26.9 Å². The number of carbonyl (C=O) groups is 1. The van der Waals surface area contributed by atoms with Crippen molar-refractivity contribution in [3.8, 4) is 0 Å². The number of carboxylic acids is 1. The zero-order valence-electron chi connectivity index (χ0n) is 9.37. The van der Waals surface area contributed by atoms with Crippen molar-refractivity contribution in [3.63, 3.8) is 0 Å². The van der Waals surface area contributed by atoms with Crippen molar-refractivity contribution in [2.75, 3.05) is 0 Å². The fourth-order valence-electron chi connectivity index (χ4n) is 1.72. The second-order valence-electron chi connectivity index (χ2n) is 3.56. The lowest BCUT2D eigenvalue weighted by atomic mass is 9.92. The Bertz CT molecular complexity index is 391. The van der Waals surface area contributed by atoms with Gasteiger partial charge in [0.25, 0.3) is 0 Å². The van der Waals surface area contributed by atoms with Crippen LogP contribution in [-0.2, 0) is 4.79 Å². The normalized spacial score (nSPS) is 12.1. The maximum atomic E-state index is 10.8. The average molecular weight is 303 g/mol. The summed E-state index contributed by atoms with van der Waals surface area (Å²) in [6, 6.07) is 3.93. The van der Waals surface area contributed by atoms with E-state index in [9.17, 15) is 4.79 Å². The molecule has 0 saturated heterocycles. The number of halogens is 1. The highest BCUT2D eigenvalue weighted by Gasteiger charge is 2.15. The van der Waals surface area contributed by atoms with Gasteiger partial charge in [0, 0.05) is 11.0 Å². The fraction of sp³-hybridized carbons (Fsp3) is 0.417. The van der Waals surface area contributed by atoms with Crippen LogP contribution in [0.15, 0.2) is 22.0 Å². The van der Waals surface area contributed by atoms with E-state index in [-0.39, 0.29) is 0 Å². The SMILES string of the molecule is CCC(CC)/C(=C\C(=O)O)c1ccc(Br)s1. The van der Waals surface area contributed by atoms with Gasteiger partial charge in [0.1, 0.15) is 0 Å². The van der Waals surface area contributed by atoms with Gasteiger partial charge in [-0.05, 0) is 52.4 Å². The minimum atomic E-state index is -0.869. The van der Waals surface area contributed by atoms with E-state index in [2.05, 4.69) is 29.8 Å². The first-order chi connectivity index (χ1) is 7.58. The summed E-state index contributed by atoms with van der Waals surface area (Å²) in [5, 5.41) is 8.91. The van der Waals surface area contributed by atoms with Crippen molar-refractivity contribution in [1.29, 1.82) is 0 Å². The number of carboxylic acid groups (broad SMARTS) is 1. The molecule has 1 rings (SSSR count). The van der Waals surface area contributed by atoms with E-state index in [0.29, 0.717) is 5.92 Å². The summed E-state index contributed by atoms with van der Waals surface area (Å²) in [4.78, 5) is 11.9. The third-order valence-corrected chi connectivity index (χ3v) is 4.23. The second-order valence-corrected chi connectivity index (χ2v) is 6.02. The van der Waals surface area contributed by atoms with Crippen LogP contribution >= 0.6 is 27.3 Å². The Morgan fingerprint density at radius 3 is 2.50 bits per heavy atom. The summed E-state index contributed by atoms with van der Waals surface area (Å²) in [5.41, 5.74) is 0.938. The molecule has 0 spiro atoms. The molecule has 0 aliphatic carbocycles. The lowest BCUT2D eigenvalue weighted by Crippen LogP contribution is -2.02. The maximum absolute atomic E-state index is 10.8. The van der Waals surface area contributed by atoms with E-state index in [4.69, 9.17) is 5.11 Å². The zero-order chi connectivity index (χ0) is 12.1. The van der Waals surface area contributed by atoms with E-state index >= 15 is 0 Å². The molecule has 0 aliphatic rings. The number of aliphatic carboxylic acids is 1. The summed E-state index contributed by atoms with van der Waals surface area (Å²) in [6.07, 6.45) is 3.27. The van der Waals surface area contributed by atoms with Crippen LogP contribution in [-0.4, -0.2) is 11.1 Å². The monoisotopic (exact) mass is 302 g/mol. The van der Waals surface area contributed by atoms with Crippen LogP contribution in [0.5, 0.6) is 0 Å². The average Bonchev–Trinajstić information content (AvgIpc) is 2.64. The first-order valence-electron chi connectivity index (χ1n) is 5.28. The predicted molar refractivity (Wildman–Crippen MR) is 71.7 cm³/mol. The number of thiophene rings is 1. The lowest BCUT2D eigenvalue weighted by molar-refractivity contribution is -0.131. The van der Waals surface area contributed by atoms with Crippen LogP contribution < -0.4 is 0 Å². The van der Waals surface area contributed by atoms with E-state index in [1.165, 1.54) is 6.08 Å². The molecule has 0 amide bonds. The van der Waals surface area contributed by atoms with Crippen LogP contribution in [0, 0.1) is 5.92 Å². The highest BCUT2D eigenvalue weighted by Crippen LogP contribution is 2.34. The van der Waals surface area contributed by atoms with Gasteiger partial charge in [-0.2, -0.15) is 0 Å². The molecule has 0 aliphatic heterocycles. The van der Waals surface area contributed by atoms with E-state index < -0.39 is 5.97 Å². The molecule has 0 saturated carbocycles. The van der Waals surface area contributed by atoms with E-state index in [0.717, 1.165) is 27.1 Å². The predicted octanol–water partition coefficient (Wildman–Crippen LogP) is 4.41. The zero-order valence-corrected chi connectivity index (χ0v) is 11.8. The molecule has 1 heterocycles. The number of hydrogen-bond acceptors (Lipinski definition) is 2. The van der Waals surface area contributed by atoms with Gasteiger partial charge < -0.3 is 5.11 Å². The van der Waals surface area contributed by atoms with Crippen molar-refractivity contribution in [2.24, 2.45) is 5.92 Å². The van der Waals surface area contributed by atoms with Gasteiger partial charge in [-0.25, -0.2) is 4.79 Å². The molecular weight excluding hydrogens is 288 g/mol. The van der Waals surface area contributed by atoms with Crippen LogP contribution in [0.25, 0.3) is 5.57 Å². The molecule has 0 aromatic carbocycles. The summed E-state index contributed by atoms with van der Waals surface area (Å²) < 4.78 is 1.03. The second kappa shape index (κ2) is 6.21. The van der Waals surface area contributed by atoms with Gasteiger partial charge in [-0.15, -0.1) is 11.3 Å². The number of rotatable bonds is 5. The van der Waals surface area contributed by atoms with Gasteiger partial charge >= 0.3 is 5.97 Å². The molecule has 0 radical (unpaired) electrons. The Morgan fingerprint density at radius 1 is 1.50 bits per heavy atom. The van der Waals surface area contributed by atoms with Crippen molar-refractivity contribution in [1.82, 2.24) is 0 Å². The van der Waals surface area contributed by atoms with Crippen LogP contribution in [0.2, 0.25) is 0 Å². The molecule has 0 fully saturated rings. The highest BCUT2D eigenvalue weighted by atomic mass is 79.9. The minimum absolute atomic E-state index is 0.321. The van der Waals surface area contributed by atoms with Gasteiger partial charge in [0.05, 0.1) is 3.79 Å². The van der Waals surface area contributed by atoms with Crippen molar-refractivity contribution in [2.45, 2.75) is 26.7 Å². The maximum Gasteiger partial charge on any atom is 0.328 e. The molecule has 4 heteroatoms. The summed E-state index contributed by atoms with van der Waals surface area (Å²) in [5.74, 6) is -0.548. The van der Waals surface area contributed by atoms with Gasteiger partial charge in [-0.1, -0.05) is 13.8 Å². The molecule has 1 aromatic rings. The molecule has 1 N–H and O–H groups in total. The standard InChI is InChI=1S/C12H15BrO2S/c1-3-8(4-2)9(7-12(14)15)10-5-6-11(13)16-10/h5-8H,3-4H2,1-2H3,(H,14,15)/b9-7+. The Kier molecular flexibility index (Phi) is 5.22. The van der Waals surface area contributed by atoms with Crippen LogP contribution in [0.1, 0.15) is 31.6 Å². The largest absolute Gasteiger partial charge is 0.478 e. The molecule has 0 bridgehead atoms. The topological polar surface area (TPSA) is 37.3 Å². The quantitative estimate of drug-likeness (QED) is 0.818. The third kappa shape index (κ3) is 3.46. The number of allylic oxidation sites excluding steroid dienone is 1. The Morgan fingerprint density at radius 2 is 2.12 bits per heavy atom. The van der Waals surface area contributed by atoms with Crippen molar-refractivity contribution >= 4 is 38.8 Å². The summed E-state index contributed by atoms with van der Waals surface area (Å²) in [7, 11) is 0.